The number of amides is 2. The Morgan fingerprint density at radius 1 is 1.46 bits per heavy atom. The van der Waals surface area contributed by atoms with Gasteiger partial charge in [-0.1, -0.05) is 25.2 Å². The van der Waals surface area contributed by atoms with Gasteiger partial charge in [0.25, 0.3) is 0 Å². The number of nitrogens with one attached hydrogen (secondary N) is 1. The molecule has 1 aliphatic rings. The van der Waals surface area contributed by atoms with Crippen molar-refractivity contribution >= 4 is 39.6 Å². The van der Waals surface area contributed by atoms with Crippen molar-refractivity contribution in [3.05, 3.63) is 21.6 Å². The molecule has 3 rings (SSSR count). The average Bonchev–Trinajstić information content (AvgIpc) is 3.26. The normalized spacial score (nSPS) is 17.7. The minimum atomic E-state index is -0.333. The summed E-state index contributed by atoms with van der Waals surface area (Å²) in [4.78, 5) is 30.2. The van der Waals surface area contributed by atoms with Crippen LogP contribution in [0, 0.1) is 5.92 Å². The minimum absolute atomic E-state index is 0.0680. The summed E-state index contributed by atoms with van der Waals surface area (Å²) in [5.41, 5.74) is 0. The van der Waals surface area contributed by atoms with Gasteiger partial charge in [-0.2, -0.15) is 0 Å². The standard InChI is InChI=1S/C15H19N5O2S2/c1-9(2)14-18-19-15(24-14)20-8-10(7-12(20)21)13(22)17-4-3-11-16-5-6-23-11/h5-6,9-10H,3-4,7-8H2,1-2H3,(H,17,22). The van der Waals surface area contributed by atoms with E-state index in [4.69, 9.17) is 0 Å². The molecule has 2 aromatic rings. The lowest BCUT2D eigenvalue weighted by Crippen LogP contribution is -2.34. The molecule has 24 heavy (non-hydrogen) atoms. The highest BCUT2D eigenvalue weighted by Gasteiger charge is 2.36. The number of hydrogen-bond donors (Lipinski definition) is 1. The first-order valence-electron chi connectivity index (χ1n) is 7.84. The molecule has 1 atom stereocenters. The van der Waals surface area contributed by atoms with E-state index in [1.54, 1.807) is 22.4 Å². The van der Waals surface area contributed by atoms with E-state index in [0.717, 1.165) is 10.0 Å². The van der Waals surface area contributed by atoms with E-state index in [2.05, 4.69) is 20.5 Å². The fourth-order valence-corrected chi connectivity index (χ4v) is 3.94. The van der Waals surface area contributed by atoms with Gasteiger partial charge < -0.3 is 5.32 Å². The van der Waals surface area contributed by atoms with E-state index in [9.17, 15) is 9.59 Å². The van der Waals surface area contributed by atoms with Crippen LogP contribution in [0.3, 0.4) is 0 Å². The van der Waals surface area contributed by atoms with Gasteiger partial charge in [0.2, 0.25) is 16.9 Å². The molecule has 7 nitrogen and oxygen atoms in total. The van der Waals surface area contributed by atoms with Gasteiger partial charge in [-0.3, -0.25) is 14.5 Å². The highest BCUT2D eigenvalue weighted by molar-refractivity contribution is 7.15. The van der Waals surface area contributed by atoms with E-state index in [-0.39, 0.29) is 30.1 Å². The van der Waals surface area contributed by atoms with Gasteiger partial charge in [-0.05, 0) is 0 Å². The van der Waals surface area contributed by atoms with Crippen LogP contribution in [0.5, 0.6) is 0 Å². The lowest BCUT2D eigenvalue weighted by Gasteiger charge is -2.12. The molecule has 1 aliphatic heterocycles. The van der Waals surface area contributed by atoms with Gasteiger partial charge in [0.15, 0.2) is 0 Å². The number of carbonyl (C=O) groups excluding carboxylic acids is 2. The lowest BCUT2D eigenvalue weighted by molar-refractivity contribution is -0.126. The Bertz CT molecular complexity index is 713. The fourth-order valence-electron chi connectivity index (χ4n) is 2.45. The molecule has 0 spiro atoms. The molecule has 0 aromatic carbocycles. The number of rotatable bonds is 6. The molecule has 2 aromatic heterocycles. The molecular weight excluding hydrogens is 346 g/mol. The first-order chi connectivity index (χ1) is 11.5. The Labute approximate surface area is 148 Å². The SMILES string of the molecule is CC(C)c1nnc(N2CC(C(=O)NCCc3nccs3)CC2=O)s1. The van der Waals surface area contributed by atoms with Crippen molar-refractivity contribution in [2.24, 2.45) is 5.92 Å². The molecule has 2 amide bonds. The van der Waals surface area contributed by atoms with Crippen LogP contribution in [0.15, 0.2) is 11.6 Å². The molecule has 1 fully saturated rings. The van der Waals surface area contributed by atoms with Gasteiger partial charge in [0, 0.05) is 43.4 Å². The summed E-state index contributed by atoms with van der Waals surface area (Å²) in [7, 11) is 0. The predicted molar refractivity (Wildman–Crippen MR) is 93.3 cm³/mol. The van der Waals surface area contributed by atoms with Crippen LogP contribution < -0.4 is 10.2 Å². The maximum Gasteiger partial charge on any atom is 0.229 e. The van der Waals surface area contributed by atoms with Crippen molar-refractivity contribution in [2.75, 3.05) is 18.0 Å². The maximum atomic E-state index is 12.3. The summed E-state index contributed by atoms with van der Waals surface area (Å²) in [6.45, 7) is 4.98. The zero-order chi connectivity index (χ0) is 17.1. The van der Waals surface area contributed by atoms with Crippen molar-refractivity contribution in [1.82, 2.24) is 20.5 Å². The summed E-state index contributed by atoms with van der Waals surface area (Å²) < 4.78 is 0. The van der Waals surface area contributed by atoms with Crippen molar-refractivity contribution in [3.63, 3.8) is 0 Å². The molecule has 0 bridgehead atoms. The molecular formula is C15H19N5O2S2. The first kappa shape index (κ1) is 17.0. The third kappa shape index (κ3) is 3.78. The summed E-state index contributed by atoms with van der Waals surface area (Å²) >= 11 is 2.99. The summed E-state index contributed by atoms with van der Waals surface area (Å²) in [6.07, 6.45) is 2.68. The summed E-state index contributed by atoms with van der Waals surface area (Å²) in [5.74, 6) is -0.211. The second-order valence-electron chi connectivity index (χ2n) is 5.95. The minimum Gasteiger partial charge on any atom is -0.355 e. The maximum absolute atomic E-state index is 12.3. The zero-order valence-corrected chi connectivity index (χ0v) is 15.2. The number of carbonyl (C=O) groups is 2. The Morgan fingerprint density at radius 2 is 2.29 bits per heavy atom. The Kier molecular flexibility index (Phi) is 5.20. The van der Waals surface area contributed by atoms with Crippen LogP contribution in [0.4, 0.5) is 5.13 Å². The Balaban J connectivity index is 1.54. The first-order valence-corrected chi connectivity index (χ1v) is 9.54. The molecule has 0 saturated carbocycles. The van der Waals surface area contributed by atoms with Gasteiger partial charge in [0.05, 0.1) is 10.9 Å². The van der Waals surface area contributed by atoms with Crippen molar-refractivity contribution in [1.29, 1.82) is 0 Å². The molecule has 1 unspecified atom stereocenters. The van der Waals surface area contributed by atoms with Crippen molar-refractivity contribution in [3.8, 4) is 0 Å². The van der Waals surface area contributed by atoms with E-state index in [1.165, 1.54) is 11.3 Å². The second-order valence-corrected chi connectivity index (χ2v) is 7.92. The molecule has 1 N–H and O–H groups in total. The lowest BCUT2D eigenvalue weighted by atomic mass is 10.1. The summed E-state index contributed by atoms with van der Waals surface area (Å²) in [6, 6.07) is 0. The largest absolute Gasteiger partial charge is 0.355 e. The quantitative estimate of drug-likeness (QED) is 0.844. The van der Waals surface area contributed by atoms with Crippen LogP contribution in [-0.4, -0.2) is 40.1 Å². The van der Waals surface area contributed by atoms with E-state index < -0.39 is 0 Å². The van der Waals surface area contributed by atoms with E-state index >= 15 is 0 Å². The third-order valence-electron chi connectivity index (χ3n) is 3.77. The van der Waals surface area contributed by atoms with E-state index in [1.807, 2.05) is 19.2 Å². The number of nitrogens with zero attached hydrogens (tertiary/aromatic N) is 4. The molecule has 3 heterocycles. The molecule has 0 aliphatic carbocycles. The second kappa shape index (κ2) is 7.35. The van der Waals surface area contributed by atoms with Crippen LogP contribution in [-0.2, 0) is 16.0 Å². The fraction of sp³-hybridized carbons (Fsp3) is 0.533. The number of anilines is 1. The van der Waals surface area contributed by atoms with Gasteiger partial charge in [0.1, 0.15) is 5.01 Å². The van der Waals surface area contributed by atoms with Crippen LogP contribution in [0.25, 0.3) is 0 Å². The Morgan fingerprint density at radius 3 is 2.96 bits per heavy atom. The predicted octanol–water partition coefficient (Wildman–Crippen LogP) is 1.83. The molecule has 0 radical (unpaired) electrons. The average molecular weight is 365 g/mol. The highest BCUT2D eigenvalue weighted by atomic mass is 32.1. The smallest absolute Gasteiger partial charge is 0.229 e. The topological polar surface area (TPSA) is 88.1 Å². The van der Waals surface area contributed by atoms with Gasteiger partial charge >= 0.3 is 0 Å². The molecule has 128 valence electrons. The van der Waals surface area contributed by atoms with Gasteiger partial charge in [-0.25, -0.2) is 4.98 Å². The third-order valence-corrected chi connectivity index (χ3v) is 5.86. The molecule has 9 heteroatoms. The van der Waals surface area contributed by atoms with Crippen molar-refractivity contribution in [2.45, 2.75) is 32.6 Å². The van der Waals surface area contributed by atoms with Crippen molar-refractivity contribution < 1.29 is 9.59 Å². The zero-order valence-electron chi connectivity index (χ0n) is 13.6. The molecule has 1 saturated heterocycles. The van der Waals surface area contributed by atoms with Crippen LogP contribution >= 0.6 is 22.7 Å². The monoisotopic (exact) mass is 365 g/mol. The summed E-state index contributed by atoms with van der Waals surface area (Å²) in [5, 5.41) is 15.5. The van der Waals surface area contributed by atoms with Gasteiger partial charge in [-0.15, -0.1) is 21.5 Å². The number of thiazole rings is 1. The number of hydrogen-bond acceptors (Lipinski definition) is 7. The van der Waals surface area contributed by atoms with Crippen LogP contribution in [0.2, 0.25) is 0 Å². The Hall–Kier alpha value is -1.87. The van der Waals surface area contributed by atoms with E-state index in [0.29, 0.717) is 24.6 Å². The van der Waals surface area contributed by atoms with Crippen LogP contribution in [0.1, 0.15) is 36.2 Å². The highest BCUT2D eigenvalue weighted by Crippen LogP contribution is 2.30. The number of aromatic nitrogens is 3.